The molecule has 0 aromatic carbocycles. The molecular weight excluding hydrogens is 362 g/mol. The highest BCUT2D eigenvalue weighted by Gasteiger charge is 2.20. The highest BCUT2D eigenvalue weighted by Crippen LogP contribution is 2.33. The fraction of sp³-hybridized carbons (Fsp3) is 0.632. The number of carbonyl (C=O) groups excluding carboxylic acids is 1. The predicted octanol–water partition coefficient (Wildman–Crippen LogP) is 1.05. The van der Waals surface area contributed by atoms with Crippen molar-refractivity contribution in [3.8, 4) is 0 Å². The molecule has 3 N–H and O–H groups in total. The second-order valence-electron chi connectivity index (χ2n) is 8.14. The summed E-state index contributed by atoms with van der Waals surface area (Å²) >= 11 is 1.69. The average molecular weight is 393 g/mol. The summed E-state index contributed by atoms with van der Waals surface area (Å²) in [4.78, 5) is 25.5. The maximum atomic E-state index is 12.2. The first-order valence-corrected chi connectivity index (χ1v) is 10.3. The molecule has 1 aliphatic heterocycles. The number of rotatable bonds is 5. The van der Waals surface area contributed by atoms with Crippen LogP contribution in [-0.4, -0.2) is 54.3 Å². The van der Waals surface area contributed by atoms with Crippen molar-refractivity contribution in [1.29, 1.82) is 0 Å². The Balaban J connectivity index is 1.83. The number of aryl methyl sites for hydroxylation is 2. The molecule has 0 bridgehead atoms. The number of carbonyl (C=O) groups is 1. The van der Waals surface area contributed by atoms with Gasteiger partial charge in [0.1, 0.15) is 30.3 Å². The summed E-state index contributed by atoms with van der Waals surface area (Å²) in [5.74, 6) is 1.53. The summed E-state index contributed by atoms with van der Waals surface area (Å²) in [7, 11) is 0. The Morgan fingerprint density at radius 3 is 2.59 bits per heavy atom. The van der Waals surface area contributed by atoms with Crippen LogP contribution in [0.3, 0.4) is 0 Å². The van der Waals surface area contributed by atoms with E-state index in [1.807, 2.05) is 20.8 Å². The lowest BCUT2D eigenvalue weighted by Gasteiger charge is -2.23. The molecule has 1 fully saturated rings. The predicted molar refractivity (Wildman–Crippen MR) is 108 cm³/mol. The van der Waals surface area contributed by atoms with E-state index < -0.39 is 0 Å². The normalized spacial score (nSPS) is 15.9. The van der Waals surface area contributed by atoms with E-state index in [2.05, 4.69) is 24.5 Å². The van der Waals surface area contributed by atoms with Gasteiger partial charge in [0.2, 0.25) is 5.91 Å². The maximum absolute atomic E-state index is 12.2. The van der Waals surface area contributed by atoms with Gasteiger partial charge in [0, 0.05) is 10.4 Å². The van der Waals surface area contributed by atoms with Gasteiger partial charge in [-0.1, -0.05) is 0 Å². The number of thiophene rings is 1. The number of hydrogen-bond donors (Lipinski definition) is 3. The minimum Gasteiger partial charge on any atom is -0.370 e. The second-order valence-corrected chi connectivity index (χ2v) is 9.35. The fourth-order valence-electron chi connectivity index (χ4n) is 3.19. The molecule has 3 heterocycles. The van der Waals surface area contributed by atoms with Gasteiger partial charge >= 0.3 is 0 Å². The molecule has 1 aliphatic rings. The maximum Gasteiger partial charge on any atom is 0.239 e. The molecule has 3 rings (SSSR count). The van der Waals surface area contributed by atoms with Gasteiger partial charge in [-0.2, -0.15) is 0 Å². The summed E-state index contributed by atoms with van der Waals surface area (Å²) in [5.41, 5.74) is 0.929. The summed E-state index contributed by atoms with van der Waals surface area (Å²) < 4.78 is 5.44. The summed E-state index contributed by atoms with van der Waals surface area (Å²) in [5, 5.41) is 7.26. The van der Waals surface area contributed by atoms with Gasteiger partial charge in [-0.15, -0.1) is 11.3 Å². The van der Waals surface area contributed by atoms with Crippen LogP contribution >= 0.6 is 11.3 Å². The number of nitrogens with zero attached hydrogens (tertiary/aromatic N) is 2. The van der Waals surface area contributed by atoms with Crippen LogP contribution in [0.15, 0.2) is 0 Å². The van der Waals surface area contributed by atoms with Gasteiger partial charge in [0.05, 0.1) is 25.1 Å². The lowest BCUT2D eigenvalue weighted by Crippen LogP contribution is -3.12. The lowest BCUT2D eigenvalue weighted by molar-refractivity contribution is -0.922. The number of ether oxygens (including phenoxy) is 1. The highest BCUT2D eigenvalue weighted by molar-refractivity contribution is 7.18. The number of fused-ring (bicyclic) bond motifs is 1. The standard InChI is InChI=1S/C19H29N5O2S/c1-12-13(2)27-18-16(12)17(20-10-15(25)23-19(3,4)5)21-14(22-18)11-24-6-8-26-9-7-24/h6-11H2,1-5H3,(H,23,25)(H,20,21,22)/p+1. The molecule has 0 aliphatic carbocycles. The zero-order chi connectivity index (χ0) is 19.6. The number of quaternary nitrogens is 1. The van der Waals surface area contributed by atoms with Crippen LogP contribution < -0.4 is 15.5 Å². The van der Waals surface area contributed by atoms with E-state index >= 15 is 0 Å². The van der Waals surface area contributed by atoms with E-state index in [1.54, 1.807) is 11.3 Å². The number of anilines is 1. The third-order valence-electron chi connectivity index (χ3n) is 4.61. The Morgan fingerprint density at radius 2 is 1.93 bits per heavy atom. The van der Waals surface area contributed by atoms with Crippen LogP contribution in [0.25, 0.3) is 10.2 Å². The van der Waals surface area contributed by atoms with Gasteiger partial charge in [-0.25, -0.2) is 9.97 Å². The van der Waals surface area contributed by atoms with Crippen molar-refractivity contribution in [2.75, 3.05) is 38.2 Å². The Kier molecular flexibility index (Phi) is 5.98. The Bertz CT molecular complexity index is 822. The largest absolute Gasteiger partial charge is 0.370 e. The van der Waals surface area contributed by atoms with Gasteiger partial charge in [-0.05, 0) is 40.2 Å². The van der Waals surface area contributed by atoms with Crippen molar-refractivity contribution in [2.45, 2.75) is 46.7 Å². The molecule has 7 nitrogen and oxygen atoms in total. The zero-order valence-corrected chi connectivity index (χ0v) is 17.7. The Labute approximate surface area is 164 Å². The van der Waals surface area contributed by atoms with Crippen molar-refractivity contribution in [1.82, 2.24) is 15.3 Å². The minimum absolute atomic E-state index is 0.0424. The van der Waals surface area contributed by atoms with Crippen LogP contribution in [0.2, 0.25) is 0 Å². The molecular formula is C19H30N5O2S+. The van der Waals surface area contributed by atoms with Gasteiger partial charge < -0.3 is 20.3 Å². The molecule has 148 valence electrons. The van der Waals surface area contributed by atoms with Crippen molar-refractivity contribution in [3.63, 3.8) is 0 Å². The van der Waals surface area contributed by atoms with E-state index in [-0.39, 0.29) is 18.0 Å². The molecule has 0 spiro atoms. The smallest absolute Gasteiger partial charge is 0.239 e. The fourth-order valence-corrected chi connectivity index (χ4v) is 4.24. The lowest BCUT2D eigenvalue weighted by atomic mass is 10.1. The monoisotopic (exact) mass is 392 g/mol. The first-order valence-electron chi connectivity index (χ1n) is 9.46. The van der Waals surface area contributed by atoms with Crippen molar-refractivity contribution in [3.05, 3.63) is 16.3 Å². The summed E-state index contributed by atoms with van der Waals surface area (Å²) in [6.45, 7) is 14.6. The van der Waals surface area contributed by atoms with Crippen molar-refractivity contribution >= 4 is 33.3 Å². The third-order valence-corrected chi connectivity index (χ3v) is 5.71. The van der Waals surface area contributed by atoms with Gasteiger partial charge in [0.25, 0.3) is 0 Å². The Hall–Kier alpha value is -1.77. The molecule has 8 heteroatoms. The number of nitrogens with one attached hydrogen (secondary N) is 3. The minimum atomic E-state index is -0.251. The average Bonchev–Trinajstić information content (AvgIpc) is 2.86. The summed E-state index contributed by atoms with van der Waals surface area (Å²) in [6.07, 6.45) is 0. The van der Waals surface area contributed by atoms with E-state index in [4.69, 9.17) is 14.7 Å². The van der Waals surface area contributed by atoms with Crippen LogP contribution in [0.1, 0.15) is 37.0 Å². The van der Waals surface area contributed by atoms with Crippen LogP contribution in [-0.2, 0) is 16.1 Å². The van der Waals surface area contributed by atoms with E-state index in [0.717, 1.165) is 54.7 Å². The molecule has 2 aromatic heterocycles. The molecule has 1 saturated heterocycles. The van der Waals surface area contributed by atoms with Crippen LogP contribution in [0.5, 0.6) is 0 Å². The molecule has 0 atom stereocenters. The topological polar surface area (TPSA) is 80.6 Å². The second kappa shape index (κ2) is 8.08. The van der Waals surface area contributed by atoms with E-state index in [1.165, 1.54) is 15.3 Å². The third kappa shape index (κ3) is 5.15. The van der Waals surface area contributed by atoms with E-state index in [0.29, 0.717) is 0 Å². The number of morpholine rings is 1. The number of hydrogen-bond acceptors (Lipinski definition) is 6. The first-order chi connectivity index (χ1) is 12.7. The van der Waals surface area contributed by atoms with Crippen LogP contribution in [0.4, 0.5) is 5.82 Å². The first kappa shape index (κ1) is 20.0. The molecule has 0 saturated carbocycles. The number of aromatic nitrogens is 2. The van der Waals surface area contributed by atoms with Crippen LogP contribution in [0, 0.1) is 13.8 Å². The van der Waals surface area contributed by atoms with Crippen molar-refractivity contribution in [2.24, 2.45) is 0 Å². The molecule has 1 amide bonds. The molecule has 27 heavy (non-hydrogen) atoms. The SMILES string of the molecule is Cc1sc2nc(C[NH+]3CCOCC3)nc(NCC(=O)NC(C)(C)C)c2c1C. The zero-order valence-electron chi connectivity index (χ0n) is 16.9. The quantitative estimate of drug-likeness (QED) is 0.709. The molecule has 2 aromatic rings. The van der Waals surface area contributed by atoms with Gasteiger partial charge in [-0.3, -0.25) is 4.79 Å². The van der Waals surface area contributed by atoms with E-state index in [9.17, 15) is 4.79 Å². The highest BCUT2D eigenvalue weighted by atomic mass is 32.1. The summed E-state index contributed by atoms with van der Waals surface area (Å²) in [6, 6.07) is 0. The Morgan fingerprint density at radius 1 is 1.22 bits per heavy atom. The van der Waals surface area contributed by atoms with Crippen molar-refractivity contribution < 1.29 is 14.4 Å². The van der Waals surface area contributed by atoms with Gasteiger partial charge in [0.15, 0.2) is 5.82 Å². The molecule has 0 radical (unpaired) electrons. The molecule has 0 unspecified atom stereocenters. The number of amides is 1.